The van der Waals surface area contributed by atoms with E-state index in [1.807, 2.05) is 4.90 Å². The SMILES string of the molecule is CC(C)CC1(C(=O)N(CCC#N)C2CC2)CCCC1. The zero-order chi connectivity index (χ0) is 13.9. The summed E-state index contributed by atoms with van der Waals surface area (Å²) in [6.45, 7) is 5.06. The van der Waals surface area contributed by atoms with Crippen LogP contribution in [-0.2, 0) is 4.79 Å². The predicted octanol–water partition coefficient (Wildman–Crippen LogP) is 3.50. The van der Waals surface area contributed by atoms with Crippen molar-refractivity contribution >= 4 is 5.91 Å². The molecule has 0 bridgehead atoms. The Balaban J connectivity index is 2.10. The first kappa shape index (κ1) is 14.4. The number of carbonyl (C=O) groups excluding carboxylic acids is 1. The summed E-state index contributed by atoms with van der Waals surface area (Å²) in [7, 11) is 0. The summed E-state index contributed by atoms with van der Waals surface area (Å²) >= 11 is 0. The molecule has 0 radical (unpaired) electrons. The highest BCUT2D eigenvalue weighted by Crippen LogP contribution is 2.46. The number of rotatable bonds is 6. The first-order chi connectivity index (χ1) is 9.09. The molecule has 0 aliphatic heterocycles. The minimum absolute atomic E-state index is 0.105. The van der Waals surface area contributed by atoms with Crippen molar-refractivity contribution in [3.63, 3.8) is 0 Å². The lowest BCUT2D eigenvalue weighted by Gasteiger charge is -2.35. The minimum Gasteiger partial charge on any atom is -0.338 e. The molecule has 0 aromatic heterocycles. The third-order valence-electron chi connectivity index (χ3n) is 4.53. The molecule has 0 spiro atoms. The lowest BCUT2D eigenvalue weighted by atomic mass is 9.77. The Morgan fingerprint density at radius 3 is 2.47 bits per heavy atom. The number of nitriles is 1. The molecule has 106 valence electrons. The summed E-state index contributed by atoms with van der Waals surface area (Å²) in [5.41, 5.74) is -0.105. The number of carbonyl (C=O) groups is 1. The molecule has 3 heteroatoms. The van der Waals surface area contributed by atoms with E-state index in [-0.39, 0.29) is 5.41 Å². The molecule has 0 heterocycles. The van der Waals surface area contributed by atoms with Gasteiger partial charge in [0.25, 0.3) is 0 Å². The quantitative estimate of drug-likeness (QED) is 0.735. The third-order valence-corrected chi connectivity index (χ3v) is 4.53. The van der Waals surface area contributed by atoms with E-state index >= 15 is 0 Å². The van der Waals surface area contributed by atoms with E-state index in [4.69, 9.17) is 5.26 Å². The molecule has 1 amide bonds. The van der Waals surface area contributed by atoms with Gasteiger partial charge in [0.2, 0.25) is 5.91 Å². The summed E-state index contributed by atoms with van der Waals surface area (Å²) in [6.07, 6.45) is 8.25. The molecule has 2 aliphatic carbocycles. The first-order valence-corrected chi connectivity index (χ1v) is 7.77. The van der Waals surface area contributed by atoms with Gasteiger partial charge in [-0.3, -0.25) is 4.79 Å². The summed E-state index contributed by atoms with van der Waals surface area (Å²) in [5.74, 6) is 0.926. The monoisotopic (exact) mass is 262 g/mol. The molecule has 2 aliphatic rings. The summed E-state index contributed by atoms with van der Waals surface area (Å²) in [6, 6.07) is 2.62. The topological polar surface area (TPSA) is 44.1 Å². The van der Waals surface area contributed by atoms with Gasteiger partial charge in [0.1, 0.15) is 0 Å². The van der Waals surface area contributed by atoms with E-state index in [0.29, 0.717) is 30.8 Å². The van der Waals surface area contributed by atoms with Crippen LogP contribution in [0.2, 0.25) is 0 Å². The molecule has 0 N–H and O–H groups in total. The number of hydrogen-bond acceptors (Lipinski definition) is 2. The van der Waals surface area contributed by atoms with Crippen LogP contribution in [0.4, 0.5) is 0 Å². The molecule has 0 atom stereocenters. The molecule has 0 aromatic carbocycles. The Kier molecular flexibility index (Phi) is 4.50. The first-order valence-electron chi connectivity index (χ1n) is 7.77. The van der Waals surface area contributed by atoms with Gasteiger partial charge in [0, 0.05) is 18.0 Å². The van der Waals surface area contributed by atoms with Gasteiger partial charge >= 0.3 is 0 Å². The Labute approximate surface area is 117 Å². The minimum atomic E-state index is -0.105. The van der Waals surface area contributed by atoms with E-state index in [1.165, 1.54) is 12.8 Å². The van der Waals surface area contributed by atoms with Crippen LogP contribution >= 0.6 is 0 Å². The van der Waals surface area contributed by atoms with Crippen molar-refractivity contribution in [2.24, 2.45) is 11.3 Å². The molecule has 2 rings (SSSR count). The molecular weight excluding hydrogens is 236 g/mol. The van der Waals surface area contributed by atoms with Crippen molar-refractivity contribution in [2.75, 3.05) is 6.54 Å². The second-order valence-corrected chi connectivity index (χ2v) is 6.72. The van der Waals surface area contributed by atoms with Crippen LogP contribution in [-0.4, -0.2) is 23.4 Å². The molecular formula is C16H26N2O. The van der Waals surface area contributed by atoms with Crippen molar-refractivity contribution in [1.29, 1.82) is 5.26 Å². The molecule has 0 unspecified atom stereocenters. The van der Waals surface area contributed by atoms with Gasteiger partial charge in [-0.05, 0) is 38.0 Å². The molecule has 2 saturated carbocycles. The van der Waals surface area contributed by atoms with Gasteiger partial charge in [-0.15, -0.1) is 0 Å². The lowest BCUT2D eigenvalue weighted by Crippen LogP contribution is -2.45. The van der Waals surface area contributed by atoms with Crippen LogP contribution < -0.4 is 0 Å². The maximum absolute atomic E-state index is 13.0. The van der Waals surface area contributed by atoms with E-state index in [0.717, 1.165) is 32.1 Å². The highest BCUT2D eigenvalue weighted by Gasteiger charge is 2.46. The van der Waals surface area contributed by atoms with Crippen molar-refractivity contribution in [1.82, 2.24) is 4.90 Å². The highest BCUT2D eigenvalue weighted by molar-refractivity contribution is 5.83. The maximum atomic E-state index is 13.0. The normalized spacial score (nSPS) is 21.4. The fourth-order valence-electron chi connectivity index (χ4n) is 3.65. The summed E-state index contributed by atoms with van der Waals surface area (Å²) < 4.78 is 0. The second-order valence-electron chi connectivity index (χ2n) is 6.72. The van der Waals surface area contributed by atoms with E-state index in [2.05, 4.69) is 19.9 Å². The second kappa shape index (κ2) is 5.94. The average Bonchev–Trinajstić information content (AvgIpc) is 3.09. The van der Waals surface area contributed by atoms with E-state index in [9.17, 15) is 4.79 Å². The smallest absolute Gasteiger partial charge is 0.229 e. The van der Waals surface area contributed by atoms with Crippen molar-refractivity contribution in [3.8, 4) is 6.07 Å². The van der Waals surface area contributed by atoms with Crippen LogP contribution in [0, 0.1) is 22.7 Å². The maximum Gasteiger partial charge on any atom is 0.229 e. The van der Waals surface area contributed by atoms with Crippen molar-refractivity contribution in [3.05, 3.63) is 0 Å². The van der Waals surface area contributed by atoms with Crippen molar-refractivity contribution in [2.45, 2.75) is 71.3 Å². The zero-order valence-electron chi connectivity index (χ0n) is 12.3. The van der Waals surface area contributed by atoms with Gasteiger partial charge < -0.3 is 4.90 Å². The lowest BCUT2D eigenvalue weighted by molar-refractivity contribution is -0.143. The predicted molar refractivity (Wildman–Crippen MR) is 75.3 cm³/mol. The van der Waals surface area contributed by atoms with Gasteiger partial charge in [-0.25, -0.2) is 0 Å². The Morgan fingerprint density at radius 2 is 2.00 bits per heavy atom. The Morgan fingerprint density at radius 1 is 1.37 bits per heavy atom. The fourth-order valence-corrected chi connectivity index (χ4v) is 3.65. The van der Waals surface area contributed by atoms with Crippen LogP contribution in [0.3, 0.4) is 0 Å². The zero-order valence-corrected chi connectivity index (χ0v) is 12.3. The van der Waals surface area contributed by atoms with Crippen molar-refractivity contribution < 1.29 is 4.79 Å². The number of nitrogens with zero attached hydrogens (tertiary/aromatic N) is 2. The third kappa shape index (κ3) is 3.29. The largest absolute Gasteiger partial charge is 0.338 e. The van der Waals surface area contributed by atoms with E-state index in [1.54, 1.807) is 0 Å². The molecule has 3 nitrogen and oxygen atoms in total. The van der Waals surface area contributed by atoms with Crippen LogP contribution in [0.5, 0.6) is 0 Å². The van der Waals surface area contributed by atoms with Gasteiger partial charge in [0.05, 0.1) is 12.5 Å². The number of hydrogen-bond donors (Lipinski definition) is 0. The Hall–Kier alpha value is -1.04. The van der Waals surface area contributed by atoms with E-state index < -0.39 is 0 Å². The number of amides is 1. The molecule has 2 fully saturated rings. The fraction of sp³-hybridized carbons (Fsp3) is 0.875. The van der Waals surface area contributed by atoms with Crippen LogP contribution in [0.1, 0.15) is 65.2 Å². The van der Waals surface area contributed by atoms with Gasteiger partial charge in [0.15, 0.2) is 0 Å². The molecule has 19 heavy (non-hydrogen) atoms. The van der Waals surface area contributed by atoms with Crippen LogP contribution in [0.25, 0.3) is 0 Å². The molecule has 0 saturated heterocycles. The Bertz CT molecular complexity index is 359. The van der Waals surface area contributed by atoms with Crippen LogP contribution in [0.15, 0.2) is 0 Å². The molecule has 0 aromatic rings. The summed E-state index contributed by atoms with van der Waals surface area (Å²) in [5, 5.41) is 8.79. The van der Waals surface area contributed by atoms with Gasteiger partial charge in [-0.1, -0.05) is 26.7 Å². The van der Waals surface area contributed by atoms with Gasteiger partial charge in [-0.2, -0.15) is 5.26 Å². The summed E-state index contributed by atoms with van der Waals surface area (Å²) in [4.78, 5) is 15.0. The standard InChI is InChI=1S/C16H26N2O/c1-13(2)12-16(8-3-4-9-16)15(19)18(11-5-10-17)14-6-7-14/h13-14H,3-9,11-12H2,1-2H3. The highest BCUT2D eigenvalue weighted by atomic mass is 16.2. The average molecular weight is 262 g/mol.